The molecule has 3 N–H and O–H groups in total. The SMILES string of the molecule is NC(=O)C[C@H](CN1CCCC1)[C@@H](O)c1cc(F)c2c(c1)OCCO2. The van der Waals surface area contributed by atoms with Crippen molar-refractivity contribution >= 4 is 5.91 Å². The third kappa shape index (κ3) is 3.79. The number of amides is 1. The zero-order chi connectivity index (χ0) is 17.1. The fourth-order valence-corrected chi connectivity index (χ4v) is 3.41. The summed E-state index contributed by atoms with van der Waals surface area (Å²) in [7, 11) is 0. The number of aliphatic hydroxyl groups is 1. The lowest BCUT2D eigenvalue weighted by atomic mass is 9.91. The molecule has 0 bridgehead atoms. The summed E-state index contributed by atoms with van der Waals surface area (Å²) in [6.45, 7) is 3.07. The van der Waals surface area contributed by atoms with Crippen LogP contribution in [0.1, 0.15) is 30.9 Å². The summed E-state index contributed by atoms with van der Waals surface area (Å²) >= 11 is 0. The molecule has 6 nitrogen and oxygen atoms in total. The molecule has 24 heavy (non-hydrogen) atoms. The fraction of sp³-hybridized carbons (Fsp3) is 0.588. The van der Waals surface area contributed by atoms with Gasteiger partial charge in [-0.25, -0.2) is 4.39 Å². The van der Waals surface area contributed by atoms with Gasteiger partial charge < -0.3 is 25.2 Å². The fourth-order valence-electron chi connectivity index (χ4n) is 3.41. The van der Waals surface area contributed by atoms with E-state index in [9.17, 15) is 14.3 Å². The van der Waals surface area contributed by atoms with Gasteiger partial charge in [0, 0.05) is 18.9 Å². The molecule has 3 rings (SSSR count). The lowest BCUT2D eigenvalue weighted by Gasteiger charge is -2.28. The number of carbonyl (C=O) groups excluding carboxylic acids is 1. The van der Waals surface area contributed by atoms with Crippen molar-refractivity contribution in [3.63, 3.8) is 0 Å². The highest BCUT2D eigenvalue weighted by molar-refractivity contribution is 5.74. The quantitative estimate of drug-likeness (QED) is 0.815. The van der Waals surface area contributed by atoms with Crippen LogP contribution in [0, 0.1) is 11.7 Å². The van der Waals surface area contributed by atoms with E-state index in [0.29, 0.717) is 25.3 Å². The topological polar surface area (TPSA) is 85.0 Å². The van der Waals surface area contributed by atoms with E-state index in [1.165, 1.54) is 6.07 Å². The largest absolute Gasteiger partial charge is 0.486 e. The molecule has 2 atom stereocenters. The number of hydrogen-bond acceptors (Lipinski definition) is 5. The van der Waals surface area contributed by atoms with E-state index in [1.54, 1.807) is 6.07 Å². The third-order valence-corrected chi connectivity index (χ3v) is 4.56. The normalized spacial score (nSPS) is 19.9. The van der Waals surface area contributed by atoms with Crippen LogP contribution >= 0.6 is 0 Å². The van der Waals surface area contributed by atoms with Crippen LogP contribution in [0.4, 0.5) is 4.39 Å². The summed E-state index contributed by atoms with van der Waals surface area (Å²) in [5.74, 6) is -1.07. The summed E-state index contributed by atoms with van der Waals surface area (Å²) in [6, 6.07) is 2.83. The number of nitrogens with two attached hydrogens (primary N) is 1. The molecule has 0 unspecified atom stereocenters. The van der Waals surface area contributed by atoms with Crippen LogP contribution in [0.3, 0.4) is 0 Å². The molecule has 1 saturated heterocycles. The molecule has 0 spiro atoms. The second-order valence-electron chi connectivity index (χ2n) is 6.41. The molecule has 7 heteroatoms. The Morgan fingerprint density at radius 1 is 1.29 bits per heavy atom. The lowest BCUT2D eigenvalue weighted by Crippen LogP contribution is -2.33. The molecule has 2 aliphatic rings. The molecule has 132 valence electrons. The van der Waals surface area contributed by atoms with Gasteiger partial charge in [-0.3, -0.25) is 4.79 Å². The maximum Gasteiger partial charge on any atom is 0.217 e. The number of likely N-dealkylation sites (tertiary alicyclic amines) is 1. The first kappa shape index (κ1) is 17.0. The van der Waals surface area contributed by atoms with Gasteiger partial charge in [0.15, 0.2) is 17.3 Å². The highest BCUT2D eigenvalue weighted by Gasteiger charge is 2.29. The molecule has 0 radical (unpaired) electrons. The van der Waals surface area contributed by atoms with Gasteiger partial charge in [-0.2, -0.15) is 0 Å². The maximum atomic E-state index is 14.2. The van der Waals surface area contributed by atoms with Crippen LogP contribution in [-0.2, 0) is 4.79 Å². The first-order valence-corrected chi connectivity index (χ1v) is 8.32. The van der Waals surface area contributed by atoms with Crippen LogP contribution in [0.15, 0.2) is 12.1 Å². The van der Waals surface area contributed by atoms with E-state index in [-0.39, 0.29) is 23.8 Å². The number of carbonyl (C=O) groups is 1. The second kappa shape index (κ2) is 7.36. The van der Waals surface area contributed by atoms with Gasteiger partial charge in [0.25, 0.3) is 0 Å². The molecule has 1 aromatic carbocycles. The van der Waals surface area contributed by atoms with E-state index in [0.717, 1.165) is 25.9 Å². The monoisotopic (exact) mass is 338 g/mol. The minimum atomic E-state index is -0.997. The van der Waals surface area contributed by atoms with Crippen molar-refractivity contribution in [3.8, 4) is 11.5 Å². The van der Waals surface area contributed by atoms with E-state index in [4.69, 9.17) is 15.2 Å². The molecular weight excluding hydrogens is 315 g/mol. The Morgan fingerprint density at radius 2 is 2.00 bits per heavy atom. The van der Waals surface area contributed by atoms with Gasteiger partial charge in [0.05, 0.1) is 6.10 Å². The molecule has 1 fully saturated rings. The Hall–Kier alpha value is -1.86. The first-order valence-electron chi connectivity index (χ1n) is 8.32. The average Bonchev–Trinajstić information content (AvgIpc) is 3.06. The van der Waals surface area contributed by atoms with Crippen LogP contribution in [0.25, 0.3) is 0 Å². The minimum Gasteiger partial charge on any atom is -0.486 e. The predicted octanol–water partition coefficient (Wildman–Crippen LogP) is 1.22. The zero-order valence-electron chi connectivity index (χ0n) is 13.5. The maximum absolute atomic E-state index is 14.2. The summed E-state index contributed by atoms with van der Waals surface area (Å²) in [5.41, 5.74) is 5.71. The zero-order valence-corrected chi connectivity index (χ0v) is 13.5. The summed E-state index contributed by atoms with van der Waals surface area (Å²) in [4.78, 5) is 13.6. The van der Waals surface area contributed by atoms with Crippen LogP contribution in [0.5, 0.6) is 11.5 Å². The van der Waals surface area contributed by atoms with Gasteiger partial charge >= 0.3 is 0 Å². The standard InChI is InChI=1S/C17H23FN2O4/c18-13-7-11(8-14-17(13)24-6-5-23-14)16(22)12(9-15(19)21)10-20-3-1-2-4-20/h7-8,12,16,22H,1-6,9-10H2,(H2,19,21)/t12-,16+/m1/s1. The van der Waals surface area contributed by atoms with Crippen molar-refractivity contribution in [2.45, 2.75) is 25.4 Å². The van der Waals surface area contributed by atoms with E-state index >= 15 is 0 Å². The number of hydrogen-bond donors (Lipinski definition) is 2. The Bertz CT molecular complexity index is 604. The van der Waals surface area contributed by atoms with Gasteiger partial charge in [0.1, 0.15) is 13.2 Å². The number of benzene rings is 1. The van der Waals surface area contributed by atoms with Crippen molar-refractivity contribution in [3.05, 3.63) is 23.5 Å². The Labute approximate surface area is 140 Å². The van der Waals surface area contributed by atoms with Gasteiger partial charge in [0.2, 0.25) is 5.91 Å². The molecule has 2 aliphatic heterocycles. The molecule has 1 aromatic rings. The smallest absolute Gasteiger partial charge is 0.217 e. The Balaban J connectivity index is 1.81. The van der Waals surface area contributed by atoms with Crippen LogP contribution < -0.4 is 15.2 Å². The van der Waals surface area contributed by atoms with E-state index in [2.05, 4.69) is 4.90 Å². The Morgan fingerprint density at radius 3 is 2.71 bits per heavy atom. The minimum absolute atomic E-state index is 0.0493. The van der Waals surface area contributed by atoms with Crippen LogP contribution in [0.2, 0.25) is 0 Å². The molecular formula is C17H23FN2O4. The lowest BCUT2D eigenvalue weighted by molar-refractivity contribution is -0.120. The third-order valence-electron chi connectivity index (χ3n) is 4.56. The van der Waals surface area contributed by atoms with Crippen LogP contribution in [-0.4, -0.2) is 48.8 Å². The summed E-state index contributed by atoms with van der Waals surface area (Å²) in [5, 5.41) is 10.7. The number of aliphatic hydroxyl groups excluding tert-OH is 1. The molecule has 0 aromatic heterocycles. The van der Waals surface area contributed by atoms with Gasteiger partial charge in [-0.1, -0.05) is 0 Å². The molecule has 0 aliphatic carbocycles. The highest BCUT2D eigenvalue weighted by Crippen LogP contribution is 2.37. The molecule has 1 amide bonds. The molecule has 0 saturated carbocycles. The van der Waals surface area contributed by atoms with Crippen molar-refractivity contribution in [2.75, 3.05) is 32.8 Å². The van der Waals surface area contributed by atoms with E-state index < -0.39 is 17.8 Å². The number of ether oxygens (including phenoxy) is 2. The van der Waals surface area contributed by atoms with Crippen molar-refractivity contribution < 1.29 is 23.8 Å². The number of nitrogens with zero attached hydrogens (tertiary/aromatic N) is 1. The summed E-state index contributed by atoms with van der Waals surface area (Å²) in [6.07, 6.45) is 1.27. The predicted molar refractivity (Wildman–Crippen MR) is 85.3 cm³/mol. The Kier molecular flexibility index (Phi) is 5.20. The molecule has 2 heterocycles. The first-order chi connectivity index (χ1) is 11.5. The number of rotatable bonds is 6. The highest BCUT2D eigenvalue weighted by atomic mass is 19.1. The number of primary amides is 1. The summed E-state index contributed by atoms with van der Waals surface area (Å²) < 4.78 is 24.9. The second-order valence-corrected chi connectivity index (χ2v) is 6.41. The van der Waals surface area contributed by atoms with Crippen molar-refractivity contribution in [2.24, 2.45) is 11.7 Å². The number of halogens is 1. The van der Waals surface area contributed by atoms with E-state index in [1.807, 2.05) is 0 Å². The number of fused-ring (bicyclic) bond motifs is 1. The average molecular weight is 338 g/mol. The van der Waals surface area contributed by atoms with Crippen molar-refractivity contribution in [1.29, 1.82) is 0 Å². The van der Waals surface area contributed by atoms with Gasteiger partial charge in [-0.05, 0) is 43.6 Å². The van der Waals surface area contributed by atoms with Crippen molar-refractivity contribution in [1.82, 2.24) is 4.90 Å². The van der Waals surface area contributed by atoms with Gasteiger partial charge in [-0.15, -0.1) is 0 Å².